The van der Waals surface area contributed by atoms with Crippen molar-refractivity contribution in [2.45, 2.75) is 18.2 Å². The molecule has 0 aromatic heterocycles. The molecule has 5 nitrogen and oxygen atoms in total. The molecule has 0 spiro atoms. The highest BCUT2D eigenvalue weighted by Crippen LogP contribution is 2.44. The smallest absolute Gasteiger partial charge is 0.364 e. The second-order valence-corrected chi connectivity index (χ2v) is 4.83. The van der Waals surface area contributed by atoms with Crippen LogP contribution in [0.25, 0.3) is 0 Å². The van der Waals surface area contributed by atoms with E-state index in [0.717, 1.165) is 18.1 Å². The van der Waals surface area contributed by atoms with E-state index >= 15 is 0 Å². The summed E-state index contributed by atoms with van der Waals surface area (Å²) in [5.41, 5.74) is -2.55. The molecule has 1 aliphatic heterocycles. The maximum absolute atomic E-state index is 13.3. The van der Waals surface area contributed by atoms with Crippen molar-refractivity contribution in [3.8, 4) is 0 Å². The molecule has 1 saturated heterocycles. The van der Waals surface area contributed by atoms with E-state index in [0.29, 0.717) is 6.54 Å². The number of hydrogen-bond acceptors (Lipinski definition) is 3. The Hall–Kier alpha value is -1.83. The number of allylic oxidation sites excluding steroid dienone is 2. The van der Waals surface area contributed by atoms with Crippen LogP contribution in [-0.2, 0) is 9.53 Å². The van der Waals surface area contributed by atoms with Gasteiger partial charge in [-0.2, -0.15) is 13.2 Å². The molecule has 0 aromatic rings. The van der Waals surface area contributed by atoms with Gasteiger partial charge in [0.05, 0.1) is 0 Å². The van der Waals surface area contributed by atoms with E-state index in [1.54, 1.807) is 0 Å². The molecule has 21 heavy (non-hydrogen) atoms. The van der Waals surface area contributed by atoms with Gasteiger partial charge in [-0.3, -0.25) is 9.69 Å². The molecule has 0 saturated carbocycles. The van der Waals surface area contributed by atoms with Crippen molar-refractivity contribution in [3.63, 3.8) is 0 Å². The lowest BCUT2D eigenvalue weighted by molar-refractivity contribution is -0.263. The van der Waals surface area contributed by atoms with E-state index in [2.05, 4.69) is 5.32 Å². The molecule has 0 radical (unpaired) electrons. The number of urea groups is 1. The van der Waals surface area contributed by atoms with Crippen molar-refractivity contribution in [2.75, 3.05) is 20.2 Å². The van der Waals surface area contributed by atoms with E-state index < -0.39 is 36.1 Å². The number of methoxy groups -OCH3 is 1. The first-order valence-electron chi connectivity index (χ1n) is 6.38. The third kappa shape index (κ3) is 2.67. The van der Waals surface area contributed by atoms with Crippen molar-refractivity contribution < 1.29 is 27.5 Å². The highest BCUT2D eigenvalue weighted by molar-refractivity contribution is 5.96. The predicted octanol–water partition coefficient (Wildman–Crippen LogP) is 1.62. The molecule has 2 aliphatic rings. The Kier molecular flexibility index (Phi) is 4.08. The van der Waals surface area contributed by atoms with Crippen molar-refractivity contribution in [1.29, 1.82) is 0 Å². The molecule has 3 amide bonds. The first kappa shape index (κ1) is 15.6. The third-order valence-corrected chi connectivity index (χ3v) is 3.68. The number of hydrogen-bond donors (Lipinski definition) is 1. The van der Waals surface area contributed by atoms with E-state index in [1.165, 1.54) is 18.2 Å². The van der Waals surface area contributed by atoms with Crippen LogP contribution in [0.2, 0.25) is 0 Å². The molecular formula is C13H15F3N2O3. The number of nitrogens with zero attached hydrogens (tertiary/aromatic N) is 1. The van der Waals surface area contributed by atoms with Gasteiger partial charge in [-0.15, -0.1) is 0 Å². The van der Waals surface area contributed by atoms with Crippen LogP contribution in [0.5, 0.6) is 0 Å². The SMILES string of the molecule is COC1(C(F)(F)F)C=CC=C[C@@H]1CC(=O)N1CCNC1=O. The Morgan fingerprint density at radius 1 is 1.52 bits per heavy atom. The fraction of sp³-hybridized carbons (Fsp3) is 0.538. The summed E-state index contributed by atoms with van der Waals surface area (Å²) in [7, 11) is 0.955. The van der Waals surface area contributed by atoms with Crippen LogP contribution in [0.15, 0.2) is 24.3 Å². The average Bonchev–Trinajstić information content (AvgIpc) is 2.84. The third-order valence-electron chi connectivity index (χ3n) is 3.68. The Labute approximate surface area is 119 Å². The molecule has 116 valence electrons. The van der Waals surface area contributed by atoms with Crippen molar-refractivity contribution in [2.24, 2.45) is 5.92 Å². The zero-order valence-corrected chi connectivity index (χ0v) is 11.3. The molecule has 1 heterocycles. The second-order valence-electron chi connectivity index (χ2n) is 4.83. The quantitative estimate of drug-likeness (QED) is 0.862. The summed E-state index contributed by atoms with van der Waals surface area (Å²) < 4.78 is 44.7. The van der Waals surface area contributed by atoms with Gasteiger partial charge >= 0.3 is 12.2 Å². The molecular weight excluding hydrogens is 289 g/mol. The molecule has 1 fully saturated rings. The highest BCUT2D eigenvalue weighted by atomic mass is 19.4. The molecule has 2 rings (SSSR count). The number of rotatable bonds is 3. The van der Waals surface area contributed by atoms with Gasteiger partial charge in [-0.05, 0) is 6.08 Å². The Balaban J connectivity index is 2.20. The normalized spacial score (nSPS) is 28.9. The topological polar surface area (TPSA) is 58.6 Å². The summed E-state index contributed by atoms with van der Waals surface area (Å²) in [5.74, 6) is -1.87. The summed E-state index contributed by atoms with van der Waals surface area (Å²) >= 11 is 0. The van der Waals surface area contributed by atoms with Crippen LogP contribution < -0.4 is 5.32 Å². The largest absolute Gasteiger partial charge is 0.421 e. The zero-order chi connectivity index (χ0) is 15.7. The predicted molar refractivity (Wildman–Crippen MR) is 67.3 cm³/mol. The lowest BCUT2D eigenvalue weighted by Crippen LogP contribution is -2.53. The summed E-state index contributed by atoms with van der Waals surface area (Å²) in [6, 6.07) is -0.578. The molecule has 2 atom stereocenters. The number of nitrogens with one attached hydrogen (secondary N) is 1. The minimum Gasteiger partial charge on any atom is -0.364 e. The van der Waals surface area contributed by atoms with Crippen LogP contribution in [0.4, 0.5) is 18.0 Å². The van der Waals surface area contributed by atoms with Gasteiger partial charge in [0.25, 0.3) is 0 Å². The first-order chi connectivity index (χ1) is 9.82. The number of amides is 3. The molecule has 8 heteroatoms. The highest BCUT2D eigenvalue weighted by Gasteiger charge is 2.59. The zero-order valence-electron chi connectivity index (χ0n) is 11.3. The second kappa shape index (κ2) is 5.51. The van der Waals surface area contributed by atoms with Gasteiger partial charge in [-0.25, -0.2) is 4.79 Å². The first-order valence-corrected chi connectivity index (χ1v) is 6.38. The minimum absolute atomic E-state index is 0.163. The number of carbonyl (C=O) groups is 2. The van der Waals surface area contributed by atoms with E-state index in [4.69, 9.17) is 4.74 Å². The maximum atomic E-state index is 13.3. The van der Waals surface area contributed by atoms with Crippen LogP contribution >= 0.6 is 0 Å². The number of halogens is 3. The van der Waals surface area contributed by atoms with Crippen LogP contribution in [0.3, 0.4) is 0 Å². The Morgan fingerprint density at radius 3 is 2.76 bits per heavy atom. The van der Waals surface area contributed by atoms with Gasteiger partial charge in [-0.1, -0.05) is 18.2 Å². The van der Waals surface area contributed by atoms with Crippen LogP contribution in [0, 0.1) is 5.92 Å². The number of carbonyl (C=O) groups excluding carboxylic acids is 2. The summed E-state index contributed by atoms with van der Waals surface area (Å²) in [5, 5.41) is 2.43. The van der Waals surface area contributed by atoms with Gasteiger partial charge in [0, 0.05) is 32.5 Å². The van der Waals surface area contributed by atoms with Crippen molar-refractivity contribution in [1.82, 2.24) is 10.2 Å². The van der Waals surface area contributed by atoms with Gasteiger partial charge in [0.2, 0.25) is 5.91 Å². The van der Waals surface area contributed by atoms with Gasteiger partial charge in [0.15, 0.2) is 5.60 Å². The van der Waals surface area contributed by atoms with Crippen LogP contribution in [0.1, 0.15) is 6.42 Å². The fourth-order valence-electron chi connectivity index (χ4n) is 2.53. The Morgan fingerprint density at radius 2 is 2.24 bits per heavy atom. The number of imide groups is 1. The molecule has 0 bridgehead atoms. The van der Waals surface area contributed by atoms with E-state index in [1.807, 2.05) is 0 Å². The van der Waals surface area contributed by atoms with Crippen molar-refractivity contribution >= 4 is 11.9 Å². The molecule has 0 aromatic carbocycles. The maximum Gasteiger partial charge on any atom is 0.421 e. The minimum atomic E-state index is -4.67. The number of ether oxygens (including phenoxy) is 1. The lowest BCUT2D eigenvalue weighted by Gasteiger charge is -2.38. The molecule has 1 N–H and O–H groups in total. The summed E-state index contributed by atoms with van der Waals surface area (Å²) in [6.45, 7) is 0.468. The Bertz CT molecular complexity index is 501. The molecule has 1 aliphatic carbocycles. The summed E-state index contributed by atoms with van der Waals surface area (Å²) in [6.07, 6.45) is -0.272. The monoisotopic (exact) mass is 304 g/mol. The van der Waals surface area contributed by atoms with E-state index in [9.17, 15) is 22.8 Å². The molecule has 1 unspecified atom stereocenters. The number of alkyl halides is 3. The van der Waals surface area contributed by atoms with E-state index in [-0.39, 0.29) is 6.54 Å². The average molecular weight is 304 g/mol. The lowest BCUT2D eigenvalue weighted by atomic mass is 9.80. The fourth-order valence-corrected chi connectivity index (χ4v) is 2.53. The summed E-state index contributed by atoms with van der Waals surface area (Å²) in [4.78, 5) is 24.4. The van der Waals surface area contributed by atoms with Gasteiger partial charge < -0.3 is 10.1 Å². The van der Waals surface area contributed by atoms with Crippen molar-refractivity contribution in [3.05, 3.63) is 24.3 Å². The van der Waals surface area contributed by atoms with Crippen LogP contribution in [-0.4, -0.2) is 48.8 Å². The van der Waals surface area contributed by atoms with Gasteiger partial charge in [0.1, 0.15) is 0 Å². The standard InChI is InChI=1S/C13H15F3N2O3/c1-21-12(13(14,15)16)5-3-2-4-9(12)8-10(19)18-7-6-17-11(18)20/h2-5,9H,6-8H2,1H3,(H,17,20)/t9-,12?/m1/s1.